The molecule has 1 aliphatic carbocycles. The first-order valence-electron chi connectivity index (χ1n) is 11.4. The fourth-order valence-electron chi connectivity index (χ4n) is 4.26. The fraction of sp³-hybridized carbons (Fsp3) is 0.423. The molecule has 2 amide bonds. The molecule has 0 unspecified atom stereocenters. The summed E-state index contributed by atoms with van der Waals surface area (Å²) in [6.45, 7) is 7.43. The molecule has 3 rings (SSSR count). The number of carboxylic acids is 1. The number of carbonyl (C=O) groups excluding carboxylic acids is 2. The van der Waals surface area contributed by atoms with Crippen LogP contribution in [-0.2, 0) is 9.59 Å². The number of nitrogens with zero attached hydrogens (tertiary/aromatic N) is 1. The molecule has 7 heteroatoms. The van der Waals surface area contributed by atoms with Gasteiger partial charge in [-0.2, -0.15) is 0 Å². The van der Waals surface area contributed by atoms with Gasteiger partial charge < -0.3 is 20.1 Å². The van der Waals surface area contributed by atoms with E-state index in [1.54, 1.807) is 41.3 Å². The summed E-state index contributed by atoms with van der Waals surface area (Å²) < 4.78 is 5.83. The fourth-order valence-corrected chi connectivity index (χ4v) is 4.26. The summed E-state index contributed by atoms with van der Waals surface area (Å²) in [6.07, 6.45) is 3.70. The van der Waals surface area contributed by atoms with Gasteiger partial charge in [0.15, 0.2) is 0 Å². The Morgan fingerprint density at radius 3 is 2.15 bits per heavy atom. The Morgan fingerprint density at radius 2 is 1.61 bits per heavy atom. The van der Waals surface area contributed by atoms with Gasteiger partial charge in [0.25, 0.3) is 0 Å². The minimum absolute atomic E-state index is 0.0124. The third kappa shape index (κ3) is 6.12. The Hall–Kier alpha value is -3.35. The van der Waals surface area contributed by atoms with Crippen LogP contribution in [0, 0.1) is 11.8 Å². The zero-order valence-electron chi connectivity index (χ0n) is 19.6. The summed E-state index contributed by atoms with van der Waals surface area (Å²) in [5.74, 6) is 0.0988. The summed E-state index contributed by atoms with van der Waals surface area (Å²) >= 11 is 0. The van der Waals surface area contributed by atoms with Crippen LogP contribution in [0.5, 0.6) is 11.5 Å². The van der Waals surface area contributed by atoms with Gasteiger partial charge in [-0.25, -0.2) is 4.79 Å². The Bertz CT molecular complexity index is 1010. The van der Waals surface area contributed by atoms with Crippen LogP contribution in [0.25, 0.3) is 0 Å². The predicted molar refractivity (Wildman–Crippen MR) is 128 cm³/mol. The van der Waals surface area contributed by atoms with Crippen LogP contribution in [0.1, 0.15) is 63.7 Å². The van der Waals surface area contributed by atoms with Crippen LogP contribution in [0.2, 0.25) is 0 Å². The van der Waals surface area contributed by atoms with Crippen molar-refractivity contribution in [3.05, 3.63) is 48.0 Å². The zero-order chi connectivity index (χ0) is 24.1. The maximum Gasteiger partial charge on any atom is 0.337 e. The Kier molecular flexibility index (Phi) is 7.74. The molecule has 0 atom stereocenters. The number of amides is 2. The highest BCUT2D eigenvalue weighted by atomic mass is 16.5. The molecule has 2 aromatic carbocycles. The molecule has 176 valence electrons. The van der Waals surface area contributed by atoms with Gasteiger partial charge in [0.2, 0.25) is 11.8 Å². The van der Waals surface area contributed by atoms with Crippen molar-refractivity contribution < 1.29 is 24.2 Å². The first kappa shape index (κ1) is 24.3. The van der Waals surface area contributed by atoms with Crippen LogP contribution >= 0.6 is 0 Å². The largest absolute Gasteiger partial charge is 0.478 e. The molecule has 0 radical (unpaired) electrons. The van der Waals surface area contributed by atoms with E-state index in [1.807, 2.05) is 13.8 Å². The molecule has 0 heterocycles. The minimum Gasteiger partial charge on any atom is -0.478 e. The van der Waals surface area contributed by atoms with Gasteiger partial charge in [-0.1, -0.05) is 6.92 Å². The lowest BCUT2D eigenvalue weighted by Crippen LogP contribution is -2.42. The van der Waals surface area contributed by atoms with Gasteiger partial charge in [-0.15, -0.1) is 0 Å². The second-order valence-electron chi connectivity index (χ2n) is 9.05. The number of benzene rings is 2. The quantitative estimate of drug-likeness (QED) is 0.561. The summed E-state index contributed by atoms with van der Waals surface area (Å²) in [7, 11) is 0. The molecule has 1 aliphatic rings. The summed E-state index contributed by atoms with van der Waals surface area (Å²) in [4.78, 5) is 38.3. The van der Waals surface area contributed by atoms with Crippen LogP contribution in [0.3, 0.4) is 0 Å². The number of carbonyl (C=O) groups is 3. The number of ether oxygens (including phenoxy) is 1. The molecule has 0 saturated heterocycles. The highest BCUT2D eigenvalue weighted by molar-refractivity contribution is 6.03. The molecular weight excluding hydrogens is 420 g/mol. The number of carboxylic acid groups (broad SMARTS) is 1. The van der Waals surface area contributed by atoms with Crippen molar-refractivity contribution >= 4 is 29.2 Å². The average molecular weight is 453 g/mol. The van der Waals surface area contributed by atoms with Crippen LogP contribution in [0.15, 0.2) is 42.5 Å². The smallest absolute Gasteiger partial charge is 0.337 e. The highest BCUT2D eigenvalue weighted by Gasteiger charge is 2.32. The predicted octanol–water partition coefficient (Wildman–Crippen LogP) is 5.70. The van der Waals surface area contributed by atoms with Gasteiger partial charge in [0.1, 0.15) is 11.5 Å². The van der Waals surface area contributed by atoms with E-state index in [-0.39, 0.29) is 29.3 Å². The van der Waals surface area contributed by atoms with Crippen molar-refractivity contribution in [2.45, 2.75) is 59.4 Å². The molecule has 0 aliphatic heterocycles. The monoisotopic (exact) mass is 452 g/mol. The molecule has 1 fully saturated rings. The maximum absolute atomic E-state index is 13.4. The Morgan fingerprint density at radius 1 is 1.00 bits per heavy atom. The van der Waals surface area contributed by atoms with E-state index >= 15 is 0 Å². The van der Waals surface area contributed by atoms with Crippen molar-refractivity contribution in [3.63, 3.8) is 0 Å². The van der Waals surface area contributed by atoms with Crippen LogP contribution < -0.4 is 15.0 Å². The van der Waals surface area contributed by atoms with E-state index < -0.39 is 5.97 Å². The number of rotatable bonds is 7. The van der Waals surface area contributed by atoms with E-state index in [4.69, 9.17) is 4.74 Å². The Balaban J connectivity index is 1.85. The third-order valence-electron chi connectivity index (χ3n) is 5.99. The average Bonchev–Trinajstić information content (AvgIpc) is 2.76. The lowest BCUT2D eigenvalue weighted by Gasteiger charge is -2.34. The normalized spacial score (nSPS) is 18.0. The summed E-state index contributed by atoms with van der Waals surface area (Å²) in [5, 5.41) is 12.6. The lowest BCUT2D eigenvalue weighted by molar-refractivity contribution is -0.124. The van der Waals surface area contributed by atoms with E-state index in [0.717, 1.165) is 25.7 Å². The number of hydrogen-bond acceptors (Lipinski definition) is 4. The zero-order valence-corrected chi connectivity index (χ0v) is 19.6. The second kappa shape index (κ2) is 10.5. The van der Waals surface area contributed by atoms with E-state index in [2.05, 4.69) is 12.2 Å². The molecule has 2 N–H and O–H groups in total. The Labute approximate surface area is 194 Å². The number of anilines is 2. The van der Waals surface area contributed by atoms with Crippen molar-refractivity contribution in [1.29, 1.82) is 0 Å². The molecule has 0 bridgehead atoms. The van der Waals surface area contributed by atoms with Crippen molar-refractivity contribution in [2.75, 3.05) is 10.2 Å². The van der Waals surface area contributed by atoms with E-state index in [0.29, 0.717) is 28.8 Å². The van der Waals surface area contributed by atoms with Crippen LogP contribution in [0.4, 0.5) is 11.4 Å². The third-order valence-corrected chi connectivity index (χ3v) is 5.99. The first-order chi connectivity index (χ1) is 15.7. The van der Waals surface area contributed by atoms with E-state index in [9.17, 15) is 19.5 Å². The topological polar surface area (TPSA) is 95.9 Å². The molecule has 33 heavy (non-hydrogen) atoms. The summed E-state index contributed by atoms with van der Waals surface area (Å²) in [6, 6.07) is 11.4. The molecule has 0 aromatic heterocycles. The number of aromatic carboxylic acids is 1. The van der Waals surface area contributed by atoms with Gasteiger partial charge in [0, 0.05) is 24.6 Å². The number of nitrogens with one attached hydrogen (secondary N) is 1. The standard InChI is InChI=1S/C26H32N2O5/c1-16(2)28(25(30)19-7-5-17(3)6-8-19)24-14-13-22(15-23(24)26(31)32)33-21-11-9-20(10-12-21)27-18(4)29/h9-17,19H,5-8H2,1-4H3,(H,27,29)(H,31,32). The van der Waals surface area contributed by atoms with Gasteiger partial charge in [-0.05, 0) is 87.9 Å². The second-order valence-corrected chi connectivity index (χ2v) is 9.05. The van der Waals surface area contributed by atoms with E-state index in [1.165, 1.54) is 13.0 Å². The molecule has 0 spiro atoms. The maximum atomic E-state index is 13.4. The molecule has 7 nitrogen and oxygen atoms in total. The van der Waals surface area contributed by atoms with Crippen molar-refractivity contribution in [2.24, 2.45) is 11.8 Å². The minimum atomic E-state index is -1.12. The first-order valence-corrected chi connectivity index (χ1v) is 11.4. The van der Waals surface area contributed by atoms with Crippen molar-refractivity contribution in [1.82, 2.24) is 0 Å². The SMILES string of the molecule is CC(=O)Nc1ccc(Oc2ccc(N(C(=O)C3CCC(C)CC3)C(C)C)c(C(=O)O)c2)cc1. The van der Waals surface area contributed by atoms with Gasteiger partial charge in [-0.3, -0.25) is 9.59 Å². The lowest BCUT2D eigenvalue weighted by atomic mass is 9.82. The summed E-state index contributed by atoms with van der Waals surface area (Å²) in [5.41, 5.74) is 1.04. The number of hydrogen-bond donors (Lipinski definition) is 2. The molecule has 2 aromatic rings. The van der Waals surface area contributed by atoms with Crippen molar-refractivity contribution in [3.8, 4) is 11.5 Å². The highest BCUT2D eigenvalue weighted by Crippen LogP contribution is 2.35. The van der Waals surface area contributed by atoms with Gasteiger partial charge in [0.05, 0.1) is 11.3 Å². The molecule has 1 saturated carbocycles. The molecular formula is C26H32N2O5. The van der Waals surface area contributed by atoms with Crippen LogP contribution in [-0.4, -0.2) is 28.9 Å². The van der Waals surface area contributed by atoms with Gasteiger partial charge >= 0.3 is 5.97 Å².